The molecule has 17 heavy (non-hydrogen) atoms. The van der Waals surface area contributed by atoms with Crippen LogP contribution in [-0.2, 0) is 9.53 Å². The van der Waals surface area contributed by atoms with Gasteiger partial charge in [0.25, 0.3) is 0 Å². The number of rotatable bonds is 2. The van der Waals surface area contributed by atoms with Crippen molar-refractivity contribution in [2.75, 3.05) is 26.8 Å². The number of carbonyl (C=O) groups is 1. The van der Waals surface area contributed by atoms with Crippen molar-refractivity contribution in [2.24, 2.45) is 0 Å². The zero-order valence-electron chi connectivity index (χ0n) is 9.63. The Labute approximate surface area is 97.7 Å². The first-order valence-electron chi connectivity index (χ1n) is 5.22. The molecule has 1 heterocycles. The molecular formula is C10H16F3NO3. The summed E-state index contributed by atoms with van der Waals surface area (Å²) in [5, 5.41) is 8.78. The summed E-state index contributed by atoms with van der Waals surface area (Å²) in [6.45, 7) is 3.22. The third kappa shape index (κ3) is 8.67. The molecule has 0 atom stereocenters. The summed E-state index contributed by atoms with van der Waals surface area (Å²) in [5.41, 5.74) is 0. The van der Waals surface area contributed by atoms with Gasteiger partial charge in [-0.05, 0) is 6.42 Å². The van der Waals surface area contributed by atoms with Gasteiger partial charge in [-0.1, -0.05) is 0 Å². The van der Waals surface area contributed by atoms with Crippen LogP contribution in [0.5, 0.6) is 0 Å². The van der Waals surface area contributed by atoms with Gasteiger partial charge >= 0.3 is 6.18 Å². The van der Waals surface area contributed by atoms with Crippen molar-refractivity contribution in [3.05, 3.63) is 0 Å². The van der Waals surface area contributed by atoms with Crippen molar-refractivity contribution in [3.63, 3.8) is 0 Å². The molecule has 0 amide bonds. The van der Waals surface area contributed by atoms with E-state index in [1.807, 2.05) is 0 Å². The minimum absolute atomic E-state index is 0.764. The van der Waals surface area contributed by atoms with E-state index in [9.17, 15) is 13.2 Å². The molecular weight excluding hydrogens is 239 g/mol. The second-order valence-electron chi connectivity index (χ2n) is 3.52. The predicted molar refractivity (Wildman–Crippen MR) is 52.8 cm³/mol. The van der Waals surface area contributed by atoms with Gasteiger partial charge < -0.3 is 14.6 Å². The second kappa shape index (κ2) is 8.05. The third-order valence-electron chi connectivity index (χ3n) is 2.12. The Hall–Kier alpha value is -1.11. The van der Waals surface area contributed by atoms with Crippen LogP contribution in [0.2, 0.25) is 0 Å². The molecule has 0 aliphatic carbocycles. The molecule has 0 bridgehead atoms. The summed E-state index contributed by atoms with van der Waals surface area (Å²) >= 11 is 0. The molecule has 0 N–H and O–H groups in total. The molecule has 0 saturated carbocycles. The van der Waals surface area contributed by atoms with Gasteiger partial charge in [-0.2, -0.15) is 13.2 Å². The maximum Gasteiger partial charge on any atom is 0.430 e. The number of aliphatic carboxylic acids is 1. The Bertz CT molecular complexity index is 256. The zero-order valence-corrected chi connectivity index (χ0v) is 9.63. The lowest BCUT2D eigenvalue weighted by atomic mass is 10.2. The van der Waals surface area contributed by atoms with Crippen molar-refractivity contribution in [2.45, 2.75) is 25.4 Å². The van der Waals surface area contributed by atoms with E-state index in [1.165, 1.54) is 32.4 Å². The topological polar surface area (TPSA) is 52.4 Å². The van der Waals surface area contributed by atoms with E-state index < -0.39 is 12.1 Å². The Morgan fingerprint density at radius 2 is 1.82 bits per heavy atom. The number of carboxylic acid groups (broad SMARTS) is 1. The maximum atomic E-state index is 10.5. The van der Waals surface area contributed by atoms with Crippen molar-refractivity contribution in [1.82, 2.24) is 0 Å². The van der Waals surface area contributed by atoms with Crippen molar-refractivity contribution in [3.8, 4) is 0 Å². The molecule has 1 rings (SSSR count). The molecule has 7 heteroatoms. The highest BCUT2D eigenvalue weighted by Crippen LogP contribution is 2.11. The molecule has 0 aromatic heterocycles. The van der Waals surface area contributed by atoms with Gasteiger partial charge in [0.05, 0.1) is 0 Å². The molecule has 0 aromatic rings. The maximum absolute atomic E-state index is 10.5. The van der Waals surface area contributed by atoms with Crippen molar-refractivity contribution in [1.29, 1.82) is 0 Å². The van der Waals surface area contributed by atoms with Crippen LogP contribution in [-0.4, -0.2) is 49.7 Å². The zero-order chi connectivity index (χ0) is 13.3. The van der Waals surface area contributed by atoms with Gasteiger partial charge in [0.2, 0.25) is 0 Å². The smallest absolute Gasteiger partial charge is 0.430 e. The van der Waals surface area contributed by atoms with Crippen LogP contribution in [0.15, 0.2) is 0 Å². The monoisotopic (exact) mass is 255 g/mol. The van der Waals surface area contributed by atoms with Gasteiger partial charge in [0, 0.05) is 20.0 Å². The Kier molecular flexibility index (Phi) is 7.53. The van der Waals surface area contributed by atoms with E-state index in [2.05, 4.69) is 10.8 Å². The first-order chi connectivity index (χ1) is 7.88. The summed E-state index contributed by atoms with van der Waals surface area (Å²) in [6, 6.07) is 0. The minimum Gasteiger partial charge on any atom is -0.542 e. The Morgan fingerprint density at radius 1 is 1.35 bits per heavy atom. The number of alkyl halides is 3. The van der Waals surface area contributed by atoms with E-state index in [-0.39, 0.29) is 0 Å². The lowest BCUT2D eigenvalue weighted by molar-refractivity contribution is -0.534. The van der Waals surface area contributed by atoms with E-state index in [0.717, 1.165) is 6.61 Å². The van der Waals surface area contributed by atoms with E-state index in [0.29, 0.717) is 0 Å². The van der Waals surface area contributed by atoms with Gasteiger partial charge in [-0.25, -0.2) is 4.58 Å². The normalized spacial score (nSPS) is 15.9. The molecule has 0 aromatic carbocycles. The fraction of sp³-hybridized carbons (Fsp3) is 0.800. The molecule has 1 fully saturated rings. The fourth-order valence-electron chi connectivity index (χ4n) is 1.28. The van der Waals surface area contributed by atoms with E-state index in [4.69, 9.17) is 14.6 Å². The van der Waals surface area contributed by atoms with Crippen molar-refractivity contribution >= 4 is 12.2 Å². The summed E-state index contributed by atoms with van der Waals surface area (Å²) in [6.07, 6.45) is 1.05. The number of carboxylic acids is 1. The number of piperidine rings is 1. The highest BCUT2D eigenvalue weighted by Gasteiger charge is 2.28. The highest BCUT2D eigenvalue weighted by atomic mass is 19.4. The van der Waals surface area contributed by atoms with Crippen LogP contribution >= 0.6 is 0 Å². The fourth-order valence-corrected chi connectivity index (χ4v) is 1.28. The summed E-state index contributed by atoms with van der Waals surface area (Å²) in [4.78, 5) is 8.78. The molecule has 4 nitrogen and oxygen atoms in total. The first kappa shape index (κ1) is 15.9. The molecule has 1 saturated heterocycles. The molecule has 1 aliphatic heterocycles. The number of ether oxygens (including phenoxy) is 1. The van der Waals surface area contributed by atoms with Crippen LogP contribution in [0.3, 0.4) is 0 Å². The van der Waals surface area contributed by atoms with Gasteiger partial charge in [0.15, 0.2) is 6.21 Å². The van der Waals surface area contributed by atoms with Gasteiger partial charge in [-0.15, -0.1) is 0 Å². The highest BCUT2D eigenvalue weighted by molar-refractivity contribution is 5.70. The van der Waals surface area contributed by atoms with E-state index >= 15 is 0 Å². The molecule has 0 radical (unpaired) electrons. The molecule has 1 aliphatic rings. The van der Waals surface area contributed by atoms with E-state index in [1.54, 1.807) is 7.11 Å². The molecule has 100 valence electrons. The Balaban J connectivity index is 0.000000325. The molecule has 0 spiro atoms. The second-order valence-corrected chi connectivity index (χ2v) is 3.52. The first-order valence-corrected chi connectivity index (χ1v) is 5.22. The predicted octanol–water partition coefficient (Wildman–Crippen LogP) is 0.199. The number of halogens is 3. The van der Waals surface area contributed by atoms with Crippen molar-refractivity contribution < 1.29 is 32.4 Å². The minimum atomic E-state index is -5.19. The average Bonchev–Trinajstić information content (AvgIpc) is 2.27. The number of methoxy groups -OCH3 is 1. The van der Waals surface area contributed by atoms with Crippen LogP contribution in [0.1, 0.15) is 19.3 Å². The lowest BCUT2D eigenvalue weighted by Gasteiger charge is -2.08. The standard InChI is InChI=1S/C8H16NO.C2HF3O2/c1-10-8-7-9-5-3-2-4-6-9;3-2(4,5)1(6)7/h7H,2-6,8H2,1H3;(H,6,7)/q+1;/p-1. The average molecular weight is 255 g/mol. The van der Waals surface area contributed by atoms with Gasteiger partial charge in [0.1, 0.15) is 25.7 Å². The molecule has 0 unspecified atom stereocenters. The SMILES string of the molecule is COCC=[N+]1CCCCC1.O=C([O-])C(F)(F)F. The van der Waals surface area contributed by atoms with Crippen LogP contribution in [0.25, 0.3) is 0 Å². The number of hydrogen-bond acceptors (Lipinski definition) is 3. The Morgan fingerprint density at radius 3 is 2.18 bits per heavy atom. The van der Waals surface area contributed by atoms with Crippen LogP contribution in [0, 0.1) is 0 Å². The largest absolute Gasteiger partial charge is 0.542 e. The number of nitrogens with zero attached hydrogens (tertiary/aromatic N) is 1. The summed E-state index contributed by atoms with van der Waals surface area (Å²) in [5.74, 6) is -3.01. The summed E-state index contributed by atoms with van der Waals surface area (Å²) in [7, 11) is 1.74. The number of carbonyl (C=O) groups excluding carboxylic acids is 1. The van der Waals surface area contributed by atoms with Crippen LogP contribution in [0.4, 0.5) is 13.2 Å². The quantitative estimate of drug-likeness (QED) is 0.662. The van der Waals surface area contributed by atoms with Crippen LogP contribution < -0.4 is 5.11 Å². The number of hydrogen-bond donors (Lipinski definition) is 0. The lowest BCUT2D eigenvalue weighted by Crippen LogP contribution is -2.37. The summed E-state index contributed by atoms with van der Waals surface area (Å²) < 4.78 is 38.9. The van der Waals surface area contributed by atoms with Gasteiger partial charge in [-0.3, -0.25) is 0 Å². The third-order valence-corrected chi connectivity index (χ3v) is 2.12.